The molecule has 1 saturated carbocycles. The van der Waals surface area contributed by atoms with E-state index >= 15 is 0 Å². The maximum atomic E-state index is 13.1. The predicted octanol–water partition coefficient (Wildman–Crippen LogP) is 3.37. The van der Waals surface area contributed by atoms with E-state index in [1.165, 1.54) is 6.92 Å². The molecule has 1 rings (SSSR count). The minimum absolute atomic E-state index is 0.415. The minimum Gasteiger partial charge on any atom is -0.376 e. The van der Waals surface area contributed by atoms with Crippen LogP contribution in [0.5, 0.6) is 0 Å². The standard InChI is InChI=1S/C9H11F7O/c1-2-5-3-7(17,9(14,15)16)8(12,13)4-6(5,10)11/h5,17H,2-4H2,1H3. The molecule has 0 aromatic heterocycles. The summed E-state index contributed by atoms with van der Waals surface area (Å²) in [6, 6.07) is 0. The van der Waals surface area contributed by atoms with Crippen LogP contribution in [-0.2, 0) is 0 Å². The predicted molar refractivity (Wildman–Crippen MR) is 43.9 cm³/mol. The molecule has 1 N–H and O–H groups in total. The largest absolute Gasteiger partial charge is 0.423 e. The van der Waals surface area contributed by atoms with E-state index in [2.05, 4.69) is 0 Å². The molecule has 0 bridgehead atoms. The summed E-state index contributed by atoms with van der Waals surface area (Å²) in [5.41, 5.74) is -4.37. The van der Waals surface area contributed by atoms with Gasteiger partial charge in [0.15, 0.2) is 0 Å². The molecule has 0 saturated heterocycles. The minimum atomic E-state index is -5.64. The van der Waals surface area contributed by atoms with Crippen LogP contribution in [0.1, 0.15) is 26.2 Å². The molecule has 1 nitrogen and oxygen atoms in total. The molecule has 0 radical (unpaired) electrons. The van der Waals surface area contributed by atoms with Gasteiger partial charge in [-0.1, -0.05) is 6.92 Å². The molecule has 2 atom stereocenters. The fourth-order valence-corrected chi connectivity index (χ4v) is 2.01. The van der Waals surface area contributed by atoms with Gasteiger partial charge < -0.3 is 5.11 Å². The Bertz CT molecular complexity index is 295. The summed E-state index contributed by atoms with van der Waals surface area (Å²) < 4.78 is 89.7. The lowest BCUT2D eigenvalue weighted by Crippen LogP contribution is -2.65. The zero-order valence-electron chi connectivity index (χ0n) is 8.79. The Morgan fingerprint density at radius 2 is 1.65 bits per heavy atom. The van der Waals surface area contributed by atoms with Gasteiger partial charge >= 0.3 is 6.18 Å². The Balaban J connectivity index is 3.18. The van der Waals surface area contributed by atoms with E-state index in [9.17, 15) is 30.7 Å². The van der Waals surface area contributed by atoms with Crippen LogP contribution in [0.4, 0.5) is 30.7 Å². The molecule has 0 amide bonds. The summed E-state index contributed by atoms with van der Waals surface area (Å²) in [5, 5.41) is 9.06. The number of hydrogen-bond donors (Lipinski definition) is 1. The lowest BCUT2D eigenvalue weighted by Gasteiger charge is -2.46. The van der Waals surface area contributed by atoms with E-state index in [0.717, 1.165) is 0 Å². The third-order valence-electron chi connectivity index (χ3n) is 3.16. The molecule has 0 aliphatic heterocycles. The molecule has 0 heterocycles. The molecular weight excluding hydrogens is 257 g/mol. The van der Waals surface area contributed by atoms with Crippen molar-refractivity contribution in [2.24, 2.45) is 5.92 Å². The first-order valence-corrected chi connectivity index (χ1v) is 4.92. The number of rotatable bonds is 1. The molecule has 0 aromatic carbocycles. The average molecular weight is 268 g/mol. The highest BCUT2D eigenvalue weighted by atomic mass is 19.4. The monoisotopic (exact) mass is 268 g/mol. The Kier molecular flexibility index (Phi) is 3.19. The quantitative estimate of drug-likeness (QED) is 0.723. The molecule has 1 fully saturated rings. The highest BCUT2D eigenvalue weighted by molar-refractivity contribution is 5.08. The van der Waals surface area contributed by atoms with Crippen molar-refractivity contribution in [3.8, 4) is 0 Å². The van der Waals surface area contributed by atoms with Crippen LogP contribution in [0.2, 0.25) is 0 Å². The fourth-order valence-electron chi connectivity index (χ4n) is 2.01. The smallest absolute Gasteiger partial charge is 0.376 e. The van der Waals surface area contributed by atoms with Crippen molar-refractivity contribution >= 4 is 0 Å². The summed E-state index contributed by atoms with van der Waals surface area (Å²) in [6.45, 7) is 1.17. The van der Waals surface area contributed by atoms with Crippen LogP contribution < -0.4 is 0 Å². The van der Waals surface area contributed by atoms with Gasteiger partial charge in [-0.15, -0.1) is 0 Å². The van der Waals surface area contributed by atoms with Crippen molar-refractivity contribution in [1.29, 1.82) is 0 Å². The van der Waals surface area contributed by atoms with Crippen molar-refractivity contribution in [3.05, 3.63) is 0 Å². The topological polar surface area (TPSA) is 20.2 Å². The van der Waals surface area contributed by atoms with Crippen LogP contribution in [0.15, 0.2) is 0 Å². The number of aliphatic hydroxyl groups is 1. The molecule has 0 aromatic rings. The van der Waals surface area contributed by atoms with Gasteiger partial charge in [0.05, 0.1) is 6.42 Å². The SMILES string of the molecule is CCC1CC(O)(C(F)(F)F)C(F)(F)CC1(F)F. The van der Waals surface area contributed by atoms with E-state index in [1.807, 2.05) is 0 Å². The second kappa shape index (κ2) is 3.73. The van der Waals surface area contributed by atoms with Crippen LogP contribution in [0.3, 0.4) is 0 Å². The highest BCUT2D eigenvalue weighted by Gasteiger charge is 2.75. The molecule has 0 spiro atoms. The zero-order valence-corrected chi connectivity index (χ0v) is 8.79. The Morgan fingerprint density at radius 3 is 2.00 bits per heavy atom. The molecule has 8 heteroatoms. The van der Waals surface area contributed by atoms with E-state index in [-0.39, 0.29) is 0 Å². The second-order valence-electron chi connectivity index (χ2n) is 4.31. The highest BCUT2D eigenvalue weighted by Crippen LogP contribution is 2.57. The van der Waals surface area contributed by atoms with Gasteiger partial charge in [0, 0.05) is 5.92 Å². The van der Waals surface area contributed by atoms with Crippen molar-refractivity contribution in [1.82, 2.24) is 0 Å². The van der Waals surface area contributed by atoms with Crippen LogP contribution in [0.25, 0.3) is 0 Å². The lowest BCUT2D eigenvalue weighted by molar-refractivity contribution is -0.368. The van der Waals surface area contributed by atoms with Gasteiger partial charge in [-0.2, -0.15) is 13.2 Å². The summed E-state index contributed by atoms with van der Waals surface area (Å²) >= 11 is 0. The lowest BCUT2D eigenvalue weighted by atomic mass is 9.71. The Hall–Kier alpha value is -0.530. The number of hydrogen-bond acceptors (Lipinski definition) is 1. The molecule has 1 aliphatic carbocycles. The average Bonchev–Trinajstić information content (AvgIpc) is 2.07. The van der Waals surface area contributed by atoms with Gasteiger partial charge in [-0.3, -0.25) is 0 Å². The van der Waals surface area contributed by atoms with E-state index in [4.69, 9.17) is 5.11 Å². The second-order valence-corrected chi connectivity index (χ2v) is 4.31. The Labute approximate surface area is 92.6 Å². The first kappa shape index (κ1) is 14.5. The van der Waals surface area contributed by atoms with Crippen molar-refractivity contribution in [2.45, 2.75) is 49.8 Å². The van der Waals surface area contributed by atoms with Gasteiger partial charge in [-0.25, -0.2) is 17.6 Å². The normalized spacial score (nSPS) is 36.9. The summed E-state index contributed by atoms with van der Waals surface area (Å²) in [7, 11) is 0. The summed E-state index contributed by atoms with van der Waals surface area (Å²) in [5.74, 6) is -10.7. The summed E-state index contributed by atoms with van der Waals surface area (Å²) in [4.78, 5) is 0. The van der Waals surface area contributed by atoms with Crippen LogP contribution >= 0.6 is 0 Å². The molecule has 102 valence electrons. The van der Waals surface area contributed by atoms with Gasteiger partial charge in [-0.05, 0) is 12.8 Å². The van der Waals surface area contributed by atoms with Crippen LogP contribution in [0, 0.1) is 5.92 Å². The zero-order chi connectivity index (χ0) is 13.7. The van der Waals surface area contributed by atoms with E-state index < -0.39 is 48.8 Å². The third-order valence-corrected chi connectivity index (χ3v) is 3.16. The molecular formula is C9H11F7O. The first-order valence-electron chi connectivity index (χ1n) is 4.92. The number of alkyl halides is 7. The molecule has 17 heavy (non-hydrogen) atoms. The van der Waals surface area contributed by atoms with E-state index in [1.54, 1.807) is 0 Å². The molecule has 2 unspecified atom stereocenters. The van der Waals surface area contributed by atoms with Crippen molar-refractivity contribution < 1.29 is 35.8 Å². The van der Waals surface area contributed by atoms with Crippen molar-refractivity contribution in [3.63, 3.8) is 0 Å². The summed E-state index contributed by atoms with van der Waals surface area (Å²) in [6.07, 6.45) is -10.0. The Morgan fingerprint density at radius 1 is 1.18 bits per heavy atom. The molecule has 1 aliphatic rings. The van der Waals surface area contributed by atoms with Gasteiger partial charge in [0.25, 0.3) is 11.8 Å². The maximum absolute atomic E-state index is 13.1. The van der Waals surface area contributed by atoms with Gasteiger partial charge in [0.2, 0.25) is 5.60 Å². The number of halogens is 7. The fraction of sp³-hybridized carbons (Fsp3) is 1.00. The van der Waals surface area contributed by atoms with Gasteiger partial charge in [0.1, 0.15) is 0 Å². The third kappa shape index (κ3) is 2.11. The van der Waals surface area contributed by atoms with Crippen molar-refractivity contribution in [2.75, 3.05) is 0 Å². The maximum Gasteiger partial charge on any atom is 0.423 e. The van der Waals surface area contributed by atoms with E-state index in [0.29, 0.717) is 0 Å². The van der Waals surface area contributed by atoms with Crippen LogP contribution in [-0.4, -0.2) is 28.7 Å². The first-order chi connectivity index (χ1) is 7.37.